The minimum Gasteiger partial charge on any atom is -0.380 e. The number of nitrogens with one attached hydrogen (secondary N) is 1. The van der Waals surface area contributed by atoms with Gasteiger partial charge in [0.25, 0.3) is 0 Å². The van der Waals surface area contributed by atoms with Crippen LogP contribution in [-0.2, 0) is 16.0 Å². The SMILES string of the molecule is COC1CCN(c2ccc(NC(=O)CCc3ccc(F)c(C)c3)cc2)C1. The van der Waals surface area contributed by atoms with Crippen LogP contribution in [0.5, 0.6) is 0 Å². The Morgan fingerprint density at radius 3 is 2.69 bits per heavy atom. The molecule has 1 aliphatic rings. The van der Waals surface area contributed by atoms with Crippen molar-refractivity contribution in [2.24, 2.45) is 0 Å². The average molecular weight is 356 g/mol. The van der Waals surface area contributed by atoms with Crippen molar-refractivity contribution in [1.29, 1.82) is 0 Å². The molecule has 4 nitrogen and oxygen atoms in total. The number of nitrogens with zero attached hydrogens (tertiary/aromatic N) is 1. The number of halogens is 1. The topological polar surface area (TPSA) is 41.6 Å². The van der Waals surface area contributed by atoms with Crippen LogP contribution in [-0.4, -0.2) is 32.2 Å². The second-order valence-corrected chi connectivity index (χ2v) is 6.77. The molecular formula is C21H25FN2O2. The second-order valence-electron chi connectivity index (χ2n) is 6.77. The predicted molar refractivity (Wildman–Crippen MR) is 102 cm³/mol. The number of hydrogen-bond donors (Lipinski definition) is 1. The molecule has 0 aromatic heterocycles. The first-order valence-electron chi connectivity index (χ1n) is 8.98. The van der Waals surface area contributed by atoms with Crippen LogP contribution in [0.25, 0.3) is 0 Å². The highest BCUT2D eigenvalue weighted by molar-refractivity contribution is 5.91. The maximum Gasteiger partial charge on any atom is 0.224 e. The first-order valence-corrected chi connectivity index (χ1v) is 8.98. The van der Waals surface area contributed by atoms with Crippen molar-refractivity contribution >= 4 is 17.3 Å². The van der Waals surface area contributed by atoms with Gasteiger partial charge < -0.3 is 15.0 Å². The Balaban J connectivity index is 1.50. The van der Waals surface area contributed by atoms with Gasteiger partial charge in [-0.2, -0.15) is 0 Å². The van der Waals surface area contributed by atoms with E-state index in [9.17, 15) is 9.18 Å². The minimum atomic E-state index is -0.215. The Morgan fingerprint density at radius 1 is 1.27 bits per heavy atom. The molecule has 1 atom stereocenters. The summed E-state index contributed by atoms with van der Waals surface area (Å²) in [6.07, 6.45) is 2.30. The van der Waals surface area contributed by atoms with Gasteiger partial charge in [-0.15, -0.1) is 0 Å². The number of rotatable bonds is 6. The van der Waals surface area contributed by atoms with Crippen molar-refractivity contribution in [2.45, 2.75) is 32.3 Å². The van der Waals surface area contributed by atoms with Crippen LogP contribution in [0.3, 0.4) is 0 Å². The van der Waals surface area contributed by atoms with Crippen LogP contribution in [0.2, 0.25) is 0 Å². The van der Waals surface area contributed by atoms with Crippen LogP contribution in [0, 0.1) is 12.7 Å². The van der Waals surface area contributed by atoms with E-state index in [0.717, 1.165) is 36.4 Å². The van der Waals surface area contributed by atoms with Crippen molar-refractivity contribution in [3.63, 3.8) is 0 Å². The van der Waals surface area contributed by atoms with Gasteiger partial charge in [-0.05, 0) is 61.2 Å². The van der Waals surface area contributed by atoms with Crippen molar-refractivity contribution in [3.05, 3.63) is 59.4 Å². The van der Waals surface area contributed by atoms with E-state index < -0.39 is 0 Å². The van der Waals surface area contributed by atoms with Gasteiger partial charge in [-0.3, -0.25) is 4.79 Å². The van der Waals surface area contributed by atoms with Crippen molar-refractivity contribution < 1.29 is 13.9 Å². The zero-order valence-corrected chi connectivity index (χ0v) is 15.3. The molecule has 1 aliphatic heterocycles. The summed E-state index contributed by atoms with van der Waals surface area (Å²) in [6.45, 7) is 3.62. The maximum absolute atomic E-state index is 13.3. The van der Waals surface area contributed by atoms with E-state index in [0.29, 0.717) is 24.5 Å². The number of methoxy groups -OCH3 is 1. The number of ether oxygens (including phenoxy) is 1. The molecule has 2 aromatic rings. The number of hydrogen-bond acceptors (Lipinski definition) is 3. The summed E-state index contributed by atoms with van der Waals surface area (Å²) in [5, 5.41) is 2.92. The van der Waals surface area contributed by atoms with E-state index in [1.807, 2.05) is 24.3 Å². The standard InChI is InChI=1S/C21H25FN2O2/c1-15-13-16(3-9-20(15)22)4-10-21(25)23-17-5-7-18(8-6-17)24-12-11-19(14-24)26-2/h3,5-9,13,19H,4,10-12,14H2,1-2H3,(H,23,25). The maximum atomic E-state index is 13.3. The van der Waals surface area contributed by atoms with Crippen LogP contribution < -0.4 is 10.2 Å². The lowest BCUT2D eigenvalue weighted by Crippen LogP contribution is -2.22. The molecule has 0 spiro atoms. The van der Waals surface area contributed by atoms with E-state index >= 15 is 0 Å². The Hall–Kier alpha value is -2.40. The third-order valence-corrected chi connectivity index (χ3v) is 4.86. The van der Waals surface area contributed by atoms with E-state index in [2.05, 4.69) is 10.2 Å². The fourth-order valence-corrected chi connectivity index (χ4v) is 3.25. The van der Waals surface area contributed by atoms with Crippen molar-refractivity contribution in [1.82, 2.24) is 0 Å². The first kappa shape index (κ1) is 18.4. The van der Waals surface area contributed by atoms with Gasteiger partial charge in [-0.25, -0.2) is 4.39 Å². The van der Waals surface area contributed by atoms with Gasteiger partial charge in [0.2, 0.25) is 5.91 Å². The molecule has 0 saturated carbocycles. The fraction of sp³-hybridized carbons (Fsp3) is 0.381. The highest BCUT2D eigenvalue weighted by Crippen LogP contribution is 2.23. The van der Waals surface area contributed by atoms with Crippen LogP contribution in [0.1, 0.15) is 24.0 Å². The molecule has 2 aromatic carbocycles. The Bertz CT molecular complexity index is 761. The summed E-state index contributed by atoms with van der Waals surface area (Å²) in [7, 11) is 1.75. The number of aryl methyl sites for hydroxylation is 2. The number of carbonyl (C=O) groups excluding carboxylic acids is 1. The van der Waals surface area contributed by atoms with E-state index in [4.69, 9.17) is 4.74 Å². The number of carbonyl (C=O) groups is 1. The van der Waals surface area contributed by atoms with Gasteiger partial charge in [0.15, 0.2) is 0 Å². The molecule has 1 N–H and O–H groups in total. The lowest BCUT2D eigenvalue weighted by molar-refractivity contribution is -0.116. The van der Waals surface area contributed by atoms with Gasteiger partial charge in [0, 0.05) is 38.0 Å². The number of amides is 1. The molecule has 1 saturated heterocycles. The van der Waals surface area contributed by atoms with Gasteiger partial charge in [0.1, 0.15) is 5.82 Å². The first-order chi connectivity index (χ1) is 12.5. The van der Waals surface area contributed by atoms with Crippen LogP contribution in [0.15, 0.2) is 42.5 Å². The van der Waals surface area contributed by atoms with Gasteiger partial charge in [0.05, 0.1) is 6.10 Å². The molecule has 1 heterocycles. The molecule has 0 radical (unpaired) electrons. The molecule has 1 amide bonds. The normalized spacial score (nSPS) is 16.7. The summed E-state index contributed by atoms with van der Waals surface area (Å²) in [5.74, 6) is -0.256. The molecule has 0 bridgehead atoms. The summed E-state index contributed by atoms with van der Waals surface area (Å²) in [4.78, 5) is 14.4. The molecule has 138 valence electrons. The monoisotopic (exact) mass is 356 g/mol. The zero-order valence-electron chi connectivity index (χ0n) is 15.3. The molecule has 26 heavy (non-hydrogen) atoms. The van der Waals surface area contributed by atoms with Crippen molar-refractivity contribution in [2.75, 3.05) is 30.4 Å². The van der Waals surface area contributed by atoms with Crippen LogP contribution in [0.4, 0.5) is 15.8 Å². The summed E-state index contributed by atoms with van der Waals surface area (Å²) in [6, 6.07) is 12.9. The Labute approximate surface area is 154 Å². The molecule has 3 rings (SSSR count). The molecule has 1 fully saturated rings. The van der Waals surface area contributed by atoms with Gasteiger partial charge >= 0.3 is 0 Å². The quantitative estimate of drug-likeness (QED) is 0.853. The van der Waals surface area contributed by atoms with E-state index in [1.54, 1.807) is 26.2 Å². The van der Waals surface area contributed by atoms with Crippen molar-refractivity contribution in [3.8, 4) is 0 Å². The molecule has 0 aliphatic carbocycles. The number of benzene rings is 2. The van der Waals surface area contributed by atoms with E-state index in [-0.39, 0.29) is 11.7 Å². The van der Waals surface area contributed by atoms with Gasteiger partial charge in [-0.1, -0.05) is 12.1 Å². The fourth-order valence-electron chi connectivity index (χ4n) is 3.25. The minimum absolute atomic E-state index is 0.0413. The predicted octanol–water partition coefficient (Wildman–Crippen LogP) is 3.93. The summed E-state index contributed by atoms with van der Waals surface area (Å²) >= 11 is 0. The summed E-state index contributed by atoms with van der Waals surface area (Å²) < 4.78 is 18.7. The highest BCUT2D eigenvalue weighted by atomic mass is 19.1. The molecule has 1 unspecified atom stereocenters. The van der Waals surface area contributed by atoms with E-state index in [1.165, 1.54) is 6.07 Å². The third-order valence-electron chi connectivity index (χ3n) is 4.86. The lowest BCUT2D eigenvalue weighted by Gasteiger charge is -2.18. The van der Waals surface area contributed by atoms with Crippen LogP contribution >= 0.6 is 0 Å². The Morgan fingerprint density at radius 2 is 2.04 bits per heavy atom. The number of anilines is 2. The summed E-state index contributed by atoms with van der Waals surface area (Å²) in [5.41, 5.74) is 3.51. The molecular weight excluding hydrogens is 331 g/mol. The Kier molecular flexibility index (Phi) is 5.89. The highest BCUT2D eigenvalue weighted by Gasteiger charge is 2.22. The average Bonchev–Trinajstić information content (AvgIpc) is 3.12. The third kappa shape index (κ3) is 4.61. The molecule has 5 heteroatoms. The lowest BCUT2D eigenvalue weighted by atomic mass is 10.1. The largest absolute Gasteiger partial charge is 0.380 e. The second kappa shape index (κ2) is 8.32. The smallest absolute Gasteiger partial charge is 0.224 e. The zero-order chi connectivity index (χ0) is 18.5.